The van der Waals surface area contributed by atoms with Crippen LogP contribution in [0.25, 0.3) is 0 Å². The van der Waals surface area contributed by atoms with Gasteiger partial charge < -0.3 is 10.5 Å². The summed E-state index contributed by atoms with van der Waals surface area (Å²) in [6.07, 6.45) is 0. The lowest BCUT2D eigenvalue weighted by molar-refractivity contribution is 0.431. The highest BCUT2D eigenvalue weighted by Gasteiger charge is 2.10. The molecular weight excluding hydrogens is 255 g/mol. The summed E-state index contributed by atoms with van der Waals surface area (Å²) in [5, 5.41) is 0. The predicted octanol–water partition coefficient (Wildman–Crippen LogP) is 3.92. The lowest BCUT2D eigenvalue weighted by Crippen LogP contribution is -2.05. The van der Waals surface area contributed by atoms with E-state index in [0.717, 1.165) is 12.1 Å². The molecule has 2 nitrogen and oxygen atoms in total. The van der Waals surface area contributed by atoms with Crippen LogP contribution < -0.4 is 10.5 Å². The Balaban J connectivity index is 2.25. The molecule has 0 aromatic heterocycles. The molecule has 2 aromatic rings. The van der Waals surface area contributed by atoms with E-state index in [4.69, 9.17) is 10.5 Å². The summed E-state index contributed by atoms with van der Waals surface area (Å²) in [5.74, 6) is -2.70. The van der Waals surface area contributed by atoms with Crippen LogP contribution in [0.5, 0.6) is 11.5 Å². The van der Waals surface area contributed by atoms with Gasteiger partial charge in [-0.25, -0.2) is 13.2 Å². The minimum absolute atomic E-state index is 0.0198. The molecule has 0 aliphatic heterocycles. The second-order valence-corrected chi connectivity index (χ2v) is 4.16. The van der Waals surface area contributed by atoms with Gasteiger partial charge in [0.15, 0.2) is 23.2 Å². The normalized spacial score (nSPS) is 12.3. The number of benzene rings is 2. The van der Waals surface area contributed by atoms with Gasteiger partial charge >= 0.3 is 0 Å². The van der Waals surface area contributed by atoms with Crippen molar-refractivity contribution >= 4 is 0 Å². The maximum absolute atomic E-state index is 13.7. The van der Waals surface area contributed by atoms with Crippen LogP contribution in [0.3, 0.4) is 0 Å². The second kappa shape index (κ2) is 5.32. The molecule has 0 spiro atoms. The molecule has 19 heavy (non-hydrogen) atoms. The van der Waals surface area contributed by atoms with Crippen LogP contribution in [-0.2, 0) is 0 Å². The Morgan fingerprint density at radius 3 is 2.26 bits per heavy atom. The van der Waals surface area contributed by atoms with Gasteiger partial charge in [0.2, 0.25) is 0 Å². The van der Waals surface area contributed by atoms with Crippen molar-refractivity contribution in [2.24, 2.45) is 5.73 Å². The van der Waals surface area contributed by atoms with Gasteiger partial charge in [-0.15, -0.1) is 0 Å². The Kier molecular flexibility index (Phi) is 3.76. The molecule has 0 saturated heterocycles. The van der Waals surface area contributed by atoms with Crippen molar-refractivity contribution in [2.45, 2.75) is 13.0 Å². The molecule has 100 valence electrons. The third-order valence-electron chi connectivity index (χ3n) is 2.60. The molecule has 0 bridgehead atoms. The lowest BCUT2D eigenvalue weighted by atomic mass is 10.1. The number of halogens is 3. The van der Waals surface area contributed by atoms with E-state index < -0.39 is 17.5 Å². The molecule has 2 aromatic carbocycles. The van der Waals surface area contributed by atoms with E-state index in [9.17, 15) is 13.2 Å². The van der Waals surface area contributed by atoms with Crippen LogP contribution in [0.4, 0.5) is 13.2 Å². The minimum Gasteiger partial charge on any atom is -0.454 e. The SMILES string of the molecule is C[C@@H](N)c1ccc(Oc2ccc(F)c(F)c2)c(F)c1. The summed E-state index contributed by atoms with van der Waals surface area (Å²) in [6.45, 7) is 1.73. The van der Waals surface area contributed by atoms with Gasteiger partial charge in [-0.3, -0.25) is 0 Å². The molecule has 0 fully saturated rings. The molecule has 0 saturated carbocycles. The third-order valence-corrected chi connectivity index (χ3v) is 2.60. The summed E-state index contributed by atoms with van der Waals surface area (Å²) in [4.78, 5) is 0. The van der Waals surface area contributed by atoms with Crippen LogP contribution in [0.1, 0.15) is 18.5 Å². The monoisotopic (exact) mass is 267 g/mol. The fourth-order valence-corrected chi connectivity index (χ4v) is 1.55. The van der Waals surface area contributed by atoms with Crippen molar-refractivity contribution < 1.29 is 17.9 Å². The fraction of sp³-hybridized carbons (Fsp3) is 0.143. The third kappa shape index (κ3) is 3.06. The standard InChI is InChI=1S/C14H12F3NO/c1-8(18)9-2-5-14(13(17)6-9)19-10-3-4-11(15)12(16)7-10/h2-8H,18H2,1H3/t8-/m1/s1. The molecule has 0 radical (unpaired) electrons. The topological polar surface area (TPSA) is 35.2 Å². The Bertz CT molecular complexity index is 599. The van der Waals surface area contributed by atoms with E-state index in [1.165, 1.54) is 18.2 Å². The van der Waals surface area contributed by atoms with E-state index in [1.54, 1.807) is 13.0 Å². The molecule has 0 aliphatic carbocycles. The number of ether oxygens (including phenoxy) is 1. The molecule has 2 rings (SSSR count). The maximum Gasteiger partial charge on any atom is 0.166 e. The molecule has 2 N–H and O–H groups in total. The van der Waals surface area contributed by atoms with E-state index in [0.29, 0.717) is 5.56 Å². The zero-order valence-corrected chi connectivity index (χ0v) is 10.2. The van der Waals surface area contributed by atoms with Crippen molar-refractivity contribution in [1.82, 2.24) is 0 Å². The minimum atomic E-state index is -1.05. The van der Waals surface area contributed by atoms with Crippen molar-refractivity contribution in [3.05, 3.63) is 59.4 Å². The number of nitrogens with two attached hydrogens (primary N) is 1. The van der Waals surface area contributed by atoms with Gasteiger partial charge in [0.25, 0.3) is 0 Å². The average Bonchev–Trinajstić information content (AvgIpc) is 2.36. The predicted molar refractivity (Wildman–Crippen MR) is 65.4 cm³/mol. The Hall–Kier alpha value is -2.01. The van der Waals surface area contributed by atoms with Crippen LogP contribution >= 0.6 is 0 Å². The Labute approximate surface area is 108 Å². The molecular formula is C14H12F3NO. The second-order valence-electron chi connectivity index (χ2n) is 4.16. The van der Waals surface area contributed by atoms with Crippen molar-refractivity contribution in [3.8, 4) is 11.5 Å². The zero-order chi connectivity index (χ0) is 14.0. The summed E-state index contributed by atoms with van der Waals surface area (Å²) in [7, 11) is 0. The summed E-state index contributed by atoms with van der Waals surface area (Å²) < 4.78 is 44.6. The number of rotatable bonds is 3. The molecule has 5 heteroatoms. The number of hydrogen-bond acceptors (Lipinski definition) is 2. The molecule has 0 aliphatic rings. The largest absolute Gasteiger partial charge is 0.454 e. The Morgan fingerprint density at radius 2 is 1.68 bits per heavy atom. The fourth-order valence-electron chi connectivity index (χ4n) is 1.55. The zero-order valence-electron chi connectivity index (χ0n) is 10.2. The average molecular weight is 267 g/mol. The van der Waals surface area contributed by atoms with Gasteiger partial charge in [0.05, 0.1) is 0 Å². The molecule has 1 atom stereocenters. The van der Waals surface area contributed by atoms with Crippen LogP contribution in [0.15, 0.2) is 36.4 Å². The smallest absolute Gasteiger partial charge is 0.166 e. The van der Waals surface area contributed by atoms with Gasteiger partial charge in [-0.2, -0.15) is 0 Å². The van der Waals surface area contributed by atoms with Crippen molar-refractivity contribution in [3.63, 3.8) is 0 Å². The molecule has 0 unspecified atom stereocenters. The first kappa shape index (κ1) is 13.4. The van der Waals surface area contributed by atoms with Crippen LogP contribution in [0.2, 0.25) is 0 Å². The first-order valence-corrected chi connectivity index (χ1v) is 5.65. The van der Waals surface area contributed by atoms with Gasteiger partial charge in [0, 0.05) is 12.1 Å². The van der Waals surface area contributed by atoms with Crippen molar-refractivity contribution in [1.29, 1.82) is 0 Å². The highest BCUT2D eigenvalue weighted by Crippen LogP contribution is 2.27. The van der Waals surface area contributed by atoms with E-state index >= 15 is 0 Å². The summed E-state index contributed by atoms with van der Waals surface area (Å²) in [5.41, 5.74) is 6.24. The van der Waals surface area contributed by atoms with Gasteiger partial charge in [-0.1, -0.05) is 6.07 Å². The Morgan fingerprint density at radius 1 is 0.947 bits per heavy atom. The van der Waals surface area contributed by atoms with Crippen LogP contribution in [0, 0.1) is 17.5 Å². The number of hydrogen-bond donors (Lipinski definition) is 1. The molecule has 0 amide bonds. The summed E-state index contributed by atoms with van der Waals surface area (Å²) >= 11 is 0. The summed E-state index contributed by atoms with van der Waals surface area (Å²) in [6, 6.07) is 6.95. The quantitative estimate of drug-likeness (QED) is 0.914. The van der Waals surface area contributed by atoms with Gasteiger partial charge in [-0.05, 0) is 36.8 Å². The van der Waals surface area contributed by atoms with E-state index in [2.05, 4.69) is 0 Å². The van der Waals surface area contributed by atoms with Crippen LogP contribution in [-0.4, -0.2) is 0 Å². The lowest BCUT2D eigenvalue weighted by Gasteiger charge is -2.10. The highest BCUT2D eigenvalue weighted by atomic mass is 19.2. The van der Waals surface area contributed by atoms with Crippen molar-refractivity contribution in [2.75, 3.05) is 0 Å². The first-order valence-electron chi connectivity index (χ1n) is 5.65. The molecule has 0 heterocycles. The van der Waals surface area contributed by atoms with Gasteiger partial charge in [0.1, 0.15) is 5.75 Å². The van der Waals surface area contributed by atoms with E-state index in [-0.39, 0.29) is 17.5 Å². The maximum atomic E-state index is 13.7. The first-order chi connectivity index (χ1) is 8.97. The van der Waals surface area contributed by atoms with E-state index in [1.807, 2.05) is 0 Å². The highest BCUT2D eigenvalue weighted by molar-refractivity contribution is 5.35.